The Labute approximate surface area is 203 Å². The van der Waals surface area contributed by atoms with Gasteiger partial charge in [-0.25, -0.2) is 17.8 Å². The Morgan fingerprint density at radius 1 is 1.31 bits per heavy atom. The first-order valence-electron chi connectivity index (χ1n) is 9.77. The van der Waals surface area contributed by atoms with E-state index in [1.165, 1.54) is 17.2 Å². The van der Waals surface area contributed by atoms with Gasteiger partial charge in [0.2, 0.25) is 0 Å². The Morgan fingerprint density at radius 2 is 2.03 bits per heavy atom. The minimum absolute atomic E-state index is 0.151. The summed E-state index contributed by atoms with van der Waals surface area (Å²) in [6, 6.07) is 13.6. The lowest BCUT2D eigenvalue weighted by atomic mass is 10.1. The Bertz CT molecular complexity index is 1270. The fourth-order valence-corrected chi connectivity index (χ4v) is 7.22. The van der Waals surface area contributed by atoms with Gasteiger partial charge in [-0.15, -0.1) is 11.3 Å². The molecule has 1 aliphatic rings. The minimum atomic E-state index is -4.19. The maximum Gasteiger partial charge on any atom is 0.278 e. The van der Waals surface area contributed by atoms with E-state index in [2.05, 4.69) is 20.9 Å². The molecule has 0 radical (unpaired) electrons. The predicted octanol–water partition coefficient (Wildman–Crippen LogP) is 5.23. The number of hydrogen-bond donors (Lipinski definition) is 0. The molecule has 1 aromatic heterocycles. The predicted molar refractivity (Wildman–Crippen MR) is 128 cm³/mol. The Kier molecular flexibility index (Phi) is 6.46. The number of thiazole rings is 1. The van der Waals surface area contributed by atoms with Crippen LogP contribution in [0.1, 0.15) is 32.7 Å². The van der Waals surface area contributed by atoms with Crippen LogP contribution in [0.2, 0.25) is 5.02 Å². The van der Waals surface area contributed by atoms with Crippen molar-refractivity contribution in [3.05, 3.63) is 85.2 Å². The van der Waals surface area contributed by atoms with E-state index >= 15 is 4.39 Å². The van der Waals surface area contributed by atoms with E-state index in [-0.39, 0.29) is 10.6 Å². The average Bonchev–Trinajstić information content (AvgIpc) is 3.22. The number of hydrogen-bond acceptors (Lipinski definition) is 5. The SMILES string of the molecule is CC1CS(=O)(=O)C(F)(c2ncc(Cc3ccccc3)s2)CN1C(=O)c1ccc(Br)c(Cl)c1. The van der Waals surface area contributed by atoms with Crippen molar-refractivity contribution in [1.29, 1.82) is 0 Å². The monoisotopic (exact) mass is 556 g/mol. The first-order valence-corrected chi connectivity index (χ1v) is 13.4. The second kappa shape index (κ2) is 8.85. The molecule has 0 bridgehead atoms. The van der Waals surface area contributed by atoms with Gasteiger partial charge in [0, 0.05) is 33.6 Å². The molecule has 1 saturated heterocycles. The summed E-state index contributed by atoms with van der Waals surface area (Å²) >= 11 is 10.4. The molecule has 2 heterocycles. The van der Waals surface area contributed by atoms with Gasteiger partial charge < -0.3 is 4.90 Å². The van der Waals surface area contributed by atoms with Crippen molar-refractivity contribution in [1.82, 2.24) is 9.88 Å². The molecular formula is C22H19BrClFN2O3S2. The third kappa shape index (κ3) is 4.35. The molecule has 10 heteroatoms. The normalized spacial score (nSPS) is 22.6. The molecule has 0 N–H and O–H groups in total. The molecule has 0 saturated carbocycles. The van der Waals surface area contributed by atoms with E-state index in [4.69, 9.17) is 11.6 Å². The summed E-state index contributed by atoms with van der Waals surface area (Å²) < 4.78 is 42.7. The number of nitrogens with zero attached hydrogens (tertiary/aromatic N) is 2. The second-order valence-corrected chi connectivity index (χ2v) is 12.3. The van der Waals surface area contributed by atoms with Gasteiger partial charge >= 0.3 is 0 Å². The fourth-order valence-electron chi connectivity index (χ4n) is 3.64. The zero-order valence-electron chi connectivity index (χ0n) is 17.0. The molecule has 32 heavy (non-hydrogen) atoms. The number of amides is 1. The maximum absolute atomic E-state index is 16.2. The van der Waals surface area contributed by atoms with Gasteiger partial charge in [-0.3, -0.25) is 4.79 Å². The largest absolute Gasteiger partial charge is 0.330 e. The highest BCUT2D eigenvalue weighted by Gasteiger charge is 2.55. The molecule has 2 unspecified atom stereocenters. The van der Waals surface area contributed by atoms with Crippen LogP contribution in [0.4, 0.5) is 4.39 Å². The summed E-state index contributed by atoms with van der Waals surface area (Å²) in [6.07, 6.45) is 2.02. The van der Waals surface area contributed by atoms with Crippen LogP contribution in [0, 0.1) is 0 Å². The maximum atomic E-state index is 16.2. The first-order chi connectivity index (χ1) is 15.1. The van der Waals surface area contributed by atoms with Crippen molar-refractivity contribution in [2.45, 2.75) is 24.4 Å². The Balaban J connectivity index is 1.65. The summed E-state index contributed by atoms with van der Waals surface area (Å²) in [5.74, 6) is -0.975. The number of rotatable bonds is 4. The molecule has 168 valence electrons. The van der Waals surface area contributed by atoms with Gasteiger partial charge in [0.15, 0.2) is 9.84 Å². The smallest absolute Gasteiger partial charge is 0.278 e. The molecule has 1 amide bonds. The first kappa shape index (κ1) is 23.4. The van der Waals surface area contributed by atoms with E-state index in [1.807, 2.05) is 30.3 Å². The lowest BCUT2D eigenvalue weighted by molar-refractivity contribution is 0.0576. The van der Waals surface area contributed by atoms with Gasteiger partial charge in [0.1, 0.15) is 5.01 Å². The Hall–Kier alpha value is -1.81. The van der Waals surface area contributed by atoms with Gasteiger partial charge in [-0.05, 0) is 46.6 Å². The van der Waals surface area contributed by atoms with Crippen molar-refractivity contribution >= 4 is 54.6 Å². The molecule has 2 atom stereocenters. The van der Waals surface area contributed by atoms with Crippen LogP contribution in [-0.4, -0.2) is 42.5 Å². The van der Waals surface area contributed by atoms with Crippen molar-refractivity contribution < 1.29 is 17.6 Å². The minimum Gasteiger partial charge on any atom is -0.330 e. The molecule has 3 aromatic rings. The van der Waals surface area contributed by atoms with Crippen LogP contribution >= 0.6 is 38.9 Å². The topological polar surface area (TPSA) is 67.3 Å². The summed E-state index contributed by atoms with van der Waals surface area (Å²) in [7, 11) is -4.19. The van der Waals surface area contributed by atoms with E-state index in [0.29, 0.717) is 15.9 Å². The zero-order chi connectivity index (χ0) is 23.1. The number of benzene rings is 2. The summed E-state index contributed by atoms with van der Waals surface area (Å²) in [5.41, 5.74) is 1.27. The molecule has 1 fully saturated rings. The van der Waals surface area contributed by atoms with Crippen LogP contribution < -0.4 is 0 Å². The van der Waals surface area contributed by atoms with Crippen LogP contribution in [0.15, 0.2) is 59.2 Å². The molecule has 0 aliphatic carbocycles. The van der Waals surface area contributed by atoms with E-state index in [0.717, 1.165) is 21.8 Å². The quantitative estimate of drug-likeness (QED) is 0.441. The fraction of sp³-hybridized carbons (Fsp3) is 0.273. The van der Waals surface area contributed by atoms with Crippen LogP contribution in [0.3, 0.4) is 0 Å². The number of alkyl halides is 1. The second-order valence-electron chi connectivity index (χ2n) is 7.71. The highest BCUT2D eigenvalue weighted by molar-refractivity contribution is 9.10. The van der Waals surface area contributed by atoms with Gasteiger partial charge in [0.05, 0.1) is 17.3 Å². The number of sulfone groups is 1. The standard InChI is InChI=1S/C22H19BrClFN2O3S2/c1-14-12-32(29,30)22(25,13-27(14)20(28)16-7-8-18(23)19(24)10-16)21-26-11-17(31-21)9-15-5-3-2-4-6-15/h2-8,10-11,14H,9,12-13H2,1H3. The molecule has 4 rings (SSSR count). The number of aromatic nitrogens is 1. The van der Waals surface area contributed by atoms with Gasteiger partial charge in [-0.2, -0.15) is 0 Å². The highest BCUT2D eigenvalue weighted by atomic mass is 79.9. The molecule has 2 aromatic carbocycles. The third-order valence-corrected chi connectivity index (χ3v) is 10.1. The van der Waals surface area contributed by atoms with E-state index in [1.54, 1.807) is 19.1 Å². The van der Waals surface area contributed by atoms with Crippen LogP contribution in [0.5, 0.6) is 0 Å². The summed E-state index contributed by atoms with van der Waals surface area (Å²) in [4.78, 5) is 19.2. The lowest BCUT2D eigenvalue weighted by Gasteiger charge is -2.40. The summed E-state index contributed by atoms with van der Waals surface area (Å²) in [6.45, 7) is 0.972. The number of carbonyl (C=O) groups excluding carboxylic acids is 1. The lowest BCUT2D eigenvalue weighted by Crippen LogP contribution is -2.57. The van der Waals surface area contributed by atoms with Crippen LogP contribution in [0.25, 0.3) is 0 Å². The number of carbonyl (C=O) groups is 1. The number of halogens is 3. The Morgan fingerprint density at radius 3 is 2.72 bits per heavy atom. The highest BCUT2D eigenvalue weighted by Crippen LogP contribution is 2.41. The van der Waals surface area contributed by atoms with E-state index in [9.17, 15) is 13.2 Å². The van der Waals surface area contributed by atoms with E-state index < -0.39 is 39.1 Å². The summed E-state index contributed by atoms with van der Waals surface area (Å²) in [5, 5.41) is -2.58. The average molecular weight is 558 g/mol. The third-order valence-electron chi connectivity index (χ3n) is 5.38. The van der Waals surface area contributed by atoms with Crippen molar-refractivity contribution in [2.75, 3.05) is 12.3 Å². The van der Waals surface area contributed by atoms with Gasteiger partial charge in [-0.1, -0.05) is 41.9 Å². The van der Waals surface area contributed by atoms with Crippen LogP contribution in [-0.2, 0) is 21.3 Å². The van der Waals surface area contributed by atoms with Crippen molar-refractivity contribution in [3.63, 3.8) is 0 Å². The van der Waals surface area contributed by atoms with Crippen molar-refractivity contribution in [3.8, 4) is 0 Å². The zero-order valence-corrected chi connectivity index (χ0v) is 20.9. The van der Waals surface area contributed by atoms with Crippen molar-refractivity contribution in [2.24, 2.45) is 0 Å². The molecular weight excluding hydrogens is 539 g/mol. The van der Waals surface area contributed by atoms with Gasteiger partial charge in [0.25, 0.3) is 10.9 Å². The molecule has 0 spiro atoms. The molecule has 5 nitrogen and oxygen atoms in total. The molecule has 1 aliphatic heterocycles.